The number of hydrogen-bond donors (Lipinski definition) is 1. The molecular weight excluding hydrogens is 312 g/mol. The maximum absolute atomic E-state index is 10.9. The summed E-state index contributed by atoms with van der Waals surface area (Å²) in [5, 5.41) is 15.2. The van der Waals surface area contributed by atoms with E-state index >= 15 is 0 Å². The molecule has 2 heterocycles. The number of benzene rings is 2. The van der Waals surface area contributed by atoms with E-state index in [2.05, 4.69) is 22.2 Å². The molecule has 2 aliphatic heterocycles. The minimum absolute atomic E-state index is 0.109. The summed E-state index contributed by atoms with van der Waals surface area (Å²) in [6.45, 7) is 2.63. The molecule has 0 bridgehead atoms. The van der Waals surface area contributed by atoms with Crippen molar-refractivity contribution in [3.8, 4) is 0 Å². The molecule has 0 aliphatic carbocycles. The fourth-order valence-electron chi connectivity index (χ4n) is 3.76. The quantitative estimate of drug-likeness (QED) is 0.933. The number of likely N-dealkylation sites (tertiary alicyclic amines) is 1. The monoisotopic (exact) mass is 336 g/mol. The molecule has 4 heteroatoms. The van der Waals surface area contributed by atoms with Crippen LogP contribution >= 0.6 is 0 Å². The predicted octanol–water partition coefficient (Wildman–Crippen LogP) is 3.16. The van der Waals surface area contributed by atoms with E-state index in [-0.39, 0.29) is 6.10 Å². The van der Waals surface area contributed by atoms with Gasteiger partial charge in [0.05, 0.1) is 11.3 Å². The molecule has 0 amide bonds. The van der Waals surface area contributed by atoms with Gasteiger partial charge in [-0.15, -0.1) is 0 Å². The molecule has 2 aromatic carbocycles. The number of hydrogen-bond acceptors (Lipinski definition) is 4. The van der Waals surface area contributed by atoms with Gasteiger partial charge in [0, 0.05) is 26.1 Å². The van der Waals surface area contributed by atoms with Crippen molar-refractivity contribution in [2.24, 2.45) is 5.16 Å². The molecule has 0 saturated carbocycles. The molecule has 2 aromatic rings. The molecule has 0 radical (unpaired) electrons. The Labute approximate surface area is 148 Å². The molecule has 1 N–H and O–H groups in total. The molecule has 0 spiro atoms. The summed E-state index contributed by atoms with van der Waals surface area (Å²) in [7, 11) is 0. The third-order valence-corrected chi connectivity index (χ3v) is 5.30. The van der Waals surface area contributed by atoms with Crippen LogP contribution < -0.4 is 0 Å². The second kappa shape index (κ2) is 6.98. The number of oxime groups is 1. The smallest absolute Gasteiger partial charge is 0.145 e. The van der Waals surface area contributed by atoms with E-state index < -0.39 is 5.60 Å². The van der Waals surface area contributed by atoms with Crippen LogP contribution in [-0.2, 0) is 10.4 Å². The van der Waals surface area contributed by atoms with Crippen LogP contribution in [0.15, 0.2) is 65.8 Å². The van der Waals surface area contributed by atoms with Gasteiger partial charge in [-0.1, -0.05) is 65.8 Å². The largest absolute Gasteiger partial charge is 0.390 e. The Kier molecular flexibility index (Phi) is 4.55. The van der Waals surface area contributed by atoms with Crippen molar-refractivity contribution < 1.29 is 9.94 Å². The van der Waals surface area contributed by atoms with Gasteiger partial charge in [-0.05, 0) is 24.0 Å². The second-order valence-corrected chi connectivity index (χ2v) is 7.03. The average Bonchev–Trinajstić information content (AvgIpc) is 3.14. The van der Waals surface area contributed by atoms with Crippen LogP contribution in [0.4, 0.5) is 0 Å². The van der Waals surface area contributed by atoms with E-state index in [0.717, 1.165) is 55.7 Å². The number of rotatable bonds is 4. The van der Waals surface area contributed by atoms with Gasteiger partial charge >= 0.3 is 0 Å². The molecular formula is C21H24N2O2. The molecule has 25 heavy (non-hydrogen) atoms. The van der Waals surface area contributed by atoms with Gasteiger partial charge in [0.2, 0.25) is 0 Å². The number of nitrogens with zero attached hydrogens (tertiary/aromatic N) is 2. The first-order valence-electron chi connectivity index (χ1n) is 9.01. The molecule has 4 nitrogen and oxygen atoms in total. The zero-order valence-corrected chi connectivity index (χ0v) is 14.3. The van der Waals surface area contributed by atoms with Gasteiger partial charge in [0.15, 0.2) is 0 Å². The Morgan fingerprint density at radius 1 is 1.00 bits per heavy atom. The van der Waals surface area contributed by atoms with Gasteiger partial charge in [-0.25, -0.2) is 0 Å². The van der Waals surface area contributed by atoms with Crippen LogP contribution in [0.3, 0.4) is 0 Å². The Hall–Kier alpha value is -2.17. The molecule has 1 atom stereocenters. The first kappa shape index (κ1) is 16.3. The summed E-state index contributed by atoms with van der Waals surface area (Å²) >= 11 is 0. The van der Waals surface area contributed by atoms with Crippen molar-refractivity contribution >= 4 is 5.71 Å². The summed E-state index contributed by atoms with van der Waals surface area (Å²) in [6.07, 6.45) is 2.48. The zero-order chi connectivity index (χ0) is 17.1. The van der Waals surface area contributed by atoms with Crippen LogP contribution in [0.25, 0.3) is 0 Å². The predicted molar refractivity (Wildman–Crippen MR) is 98.5 cm³/mol. The SMILES string of the molecule is OC1(c2ccccc2)CCN(CC2CC(c3ccccc3)=NO2)CC1. The molecule has 1 unspecified atom stereocenters. The summed E-state index contributed by atoms with van der Waals surface area (Å²) < 4.78 is 0. The molecule has 2 aliphatic rings. The van der Waals surface area contributed by atoms with Gasteiger partial charge in [0.1, 0.15) is 6.10 Å². The summed E-state index contributed by atoms with van der Waals surface area (Å²) in [5.74, 6) is 0. The number of aliphatic hydroxyl groups is 1. The van der Waals surface area contributed by atoms with Crippen molar-refractivity contribution in [2.75, 3.05) is 19.6 Å². The van der Waals surface area contributed by atoms with Crippen molar-refractivity contribution in [2.45, 2.75) is 31.0 Å². The minimum Gasteiger partial charge on any atom is -0.390 e. The molecule has 0 aromatic heterocycles. The van der Waals surface area contributed by atoms with Gasteiger partial charge in [0.25, 0.3) is 0 Å². The van der Waals surface area contributed by atoms with Crippen molar-refractivity contribution in [1.82, 2.24) is 4.90 Å². The maximum Gasteiger partial charge on any atom is 0.145 e. The minimum atomic E-state index is -0.694. The van der Waals surface area contributed by atoms with Crippen LogP contribution in [0.2, 0.25) is 0 Å². The highest BCUT2D eigenvalue weighted by Crippen LogP contribution is 2.33. The Morgan fingerprint density at radius 2 is 1.64 bits per heavy atom. The lowest BCUT2D eigenvalue weighted by Crippen LogP contribution is -2.45. The molecule has 1 saturated heterocycles. The van der Waals surface area contributed by atoms with Crippen molar-refractivity contribution in [3.05, 3.63) is 71.8 Å². The van der Waals surface area contributed by atoms with E-state index in [1.165, 1.54) is 0 Å². The molecule has 1 fully saturated rings. The fraction of sp³-hybridized carbons (Fsp3) is 0.381. The van der Waals surface area contributed by atoms with E-state index in [1.54, 1.807) is 0 Å². The van der Waals surface area contributed by atoms with E-state index in [1.807, 2.05) is 48.5 Å². The summed E-state index contributed by atoms with van der Waals surface area (Å²) in [5.41, 5.74) is 2.51. The van der Waals surface area contributed by atoms with E-state index in [4.69, 9.17) is 4.84 Å². The van der Waals surface area contributed by atoms with Crippen molar-refractivity contribution in [1.29, 1.82) is 0 Å². The maximum atomic E-state index is 10.9. The lowest BCUT2D eigenvalue weighted by Gasteiger charge is -2.39. The highest BCUT2D eigenvalue weighted by Gasteiger charge is 2.35. The standard InChI is InChI=1S/C21H24N2O2/c24-21(18-9-5-2-6-10-18)11-13-23(14-12-21)16-19-15-20(22-25-19)17-7-3-1-4-8-17/h1-10,19,24H,11-16H2. The highest BCUT2D eigenvalue weighted by atomic mass is 16.6. The van der Waals surface area contributed by atoms with Crippen LogP contribution in [0.1, 0.15) is 30.4 Å². The van der Waals surface area contributed by atoms with Gasteiger partial charge < -0.3 is 9.94 Å². The average molecular weight is 336 g/mol. The topological polar surface area (TPSA) is 45.1 Å². The third kappa shape index (κ3) is 3.60. The molecule has 4 rings (SSSR count). The normalized spacial score (nSPS) is 23.1. The van der Waals surface area contributed by atoms with Crippen LogP contribution in [0, 0.1) is 0 Å². The number of piperidine rings is 1. The fourth-order valence-corrected chi connectivity index (χ4v) is 3.76. The summed E-state index contributed by atoms with van der Waals surface area (Å²) in [4.78, 5) is 8.02. The zero-order valence-electron chi connectivity index (χ0n) is 14.3. The summed E-state index contributed by atoms with van der Waals surface area (Å²) in [6, 6.07) is 20.2. The van der Waals surface area contributed by atoms with E-state index in [0.29, 0.717) is 0 Å². The Balaban J connectivity index is 1.30. The first-order chi connectivity index (χ1) is 12.2. The van der Waals surface area contributed by atoms with Gasteiger partial charge in [-0.3, -0.25) is 4.90 Å². The second-order valence-electron chi connectivity index (χ2n) is 7.03. The van der Waals surface area contributed by atoms with Crippen LogP contribution in [-0.4, -0.2) is 41.5 Å². The Bertz CT molecular complexity index is 722. The van der Waals surface area contributed by atoms with Gasteiger partial charge in [-0.2, -0.15) is 0 Å². The molecule has 130 valence electrons. The first-order valence-corrected chi connectivity index (χ1v) is 9.01. The Morgan fingerprint density at radius 3 is 2.32 bits per heavy atom. The third-order valence-electron chi connectivity index (χ3n) is 5.30. The lowest BCUT2D eigenvalue weighted by atomic mass is 9.84. The van der Waals surface area contributed by atoms with E-state index in [9.17, 15) is 5.11 Å². The highest BCUT2D eigenvalue weighted by molar-refractivity contribution is 6.01. The van der Waals surface area contributed by atoms with Crippen molar-refractivity contribution in [3.63, 3.8) is 0 Å². The lowest BCUT2D eigenvalue weighted by molar-refractivity contribution is -0.0386. The van der Waals surface area contributed by atoms with Crippen LogP contribution in [0.5, 0.6) is 0 Å².